The highest BCUT2D eigenvalue weighted by Gasteiger charge is 2.13. The Morgan fingerprint density at radius 3 is 2.32 bits per heavy atom. The number of methoxy groups -OCH3 is 2. The summed E-state index contributed by atoms with van der Waals surface area (Å²) < 4.78 is 16.1. The highest BCUT2D eigenvalue weighted by atomic mass is 79.9. The molecule has 0 unspecified atom stereocenters. The highest BCUT2D eigenvalue weighted by molar-refractivity contribution is 9.10. The van der Waals surface area contributed by atoms with Crippen LogP contribution in [0, 0.1) is 0 Å². The Bertz CT molecular complexity index is 850. The summed E-state index contributed by atoms with van der Waals surface area (Å²) in [5.41, 5.74) is 0.940. The second kappa shape index (κ2) is 10.5. The second-order valence-electron chi connectivity index (χ2n) is 5.71. The third-order valence-corrected chi connectivity index (χ3v) is 4.30. The van der Waals surface area contributed by atoms with E-state index in [1.165, 1.54) is 14.2 Å². The number of anilines is 1. The number of halogens is 1. The van der Waals surface area contributed by atoms with Gasteiger partial charge in [-0.15, -0.1) is 0 Å². The molecule has 0 aliphatic rings. The van der Waals surface area contributed by atoms with Crippen LogP contribution in [-0.2, 0) is 14.3 Å². The largest absolute Gasteiger partial charge is 0.497 e. The zero-order chi connectivity index (χ0) is 20.5. The van der Waals surface area contributed by atoms with Crippen molar-refractivity contribution in [1.29, 1.82) is 0 Å². The lowest BCUT2D eigenvalue weighted by molar-refractivity contribution is -0.147. The first-order valence-electron chi connectivity index (χ1n) is 8.39. The Balaban J connectivity index is 1.78. The molecule has 1 amide bonds. The number of amides is 1. The Morgan fingerprint density at radius 1 is 0.964 bits per heavy atom. The van der Waals surface area contributed by atoms with E-state index in [0.29, 0.717) is 22.7 Å². The summed E-state index contributed by atoms with van der Waals surface area (Å²) in [4.78, 5) is 35.8. The first kappa shape index (κ1) is 21.4. The predicted molar refractivity (Wildman–Crippen MR) is 107 cm³/mol. The molecule has 148 valence electrons. The van der Waals surface area contributed by atoms with Gasteiger partial charge in [-0.05, 0) is 24.3 Å². The van der Waals surface area contributed by atoms with E-state index in [9.17, 15) is 14.4 Å². The summed E-state index contributed by atoms with van der Waals surface area (Å²) in [6.45, 7) is -0.458. The highest BCUT2D eigenvalue weighted by Crippen LogP contribution is 2.28. The van der Waals surface area contributed by atoms with E-state index in [1.54, 1.807) is 42.5 Å². The van der Waals surface area contributed by atoms with Gasteiger partial charge < -0.3 is 19.5 Å². The van der Waals surface area contributed by atoms with Crippen LogP contribution in [0.1, 0.15) is 23.2 Å². The summed E-state index contributed by atoms with van der Waals surface area (Å²) in [5.74, 6) is -0.314. The first-order chi connectivity index (χ1) is 13.4. The normalized spacial score (nSPS) is 10.1. The SMILES string of the molecule is COc1ccc(NC(=O)COC(=O)CCC(=O)c2ccc(Br)cc2)c(OC)c1. The molecule has 1 N–H and O–H groups in total. The maximum absolute atomic E-state index is 12.0. The van der Waals surface area contributed by atoms with Crippen molar-refractivity contribution in [3.05, 3.63) is 52.5 Å². The van der Waals surface area contributed by atoms with Gasteiger partial charge in [0.05, 0.1) is 26.3 Å². The fourth-order valence-electron chi connectivity index (χ4n) is 2.30. The lowest BCUT2D eigenvalue weighted by Crippen LogP contribution is -2.21. The molecule has 0 saturated heterocycles. The number of hydrogen-bond acceptors (Lipinski definition) is 6. The van der Waals surface area contributed by atoms with Crippen molar-refractivity contribution in [1.82, 2.24) is 0 Å². The number of carbonyl (C=O) groups is 3. The Kier molecular flexibility index (Phi) is 8.01. The molecule has 2 aromatic carbocycles. The van der Waals surface area contributed by atoms with E-state index in [2.05, 4.69) is 21.2 Å². The zero-order valence-electron chi connectivity index (χ0n) is 15.5. The summed E-state index contributed by atoms with van der Waals surface area (Å²) in [6, 6.07) is 11.8. The second-order valence-corrected chi connectivity index (χ2v) is 6.62. The predicted octanol–water partition coefficient (Wildman–Crippen LogP) is 3.61. The summed E-state index contributed by atoms with van der Waals surface area (Å²) in [5, 5.41) is 2.60. The molecule has 0 aromatic heterocycles. The van der Waals surface area contributed by atoms with Gasteiger partial charge in [0.15, 0.2) is 12.4 Å². The maximum atomic E-state index is 12.0. The van der Waals surface area contributed by atoms with Crippen LogP contribution in [0.4, 0.5) is 5.69 Å². The minimum absolute atomic E-state index is 0.00832. The van der Waals surface area contributed by atoms with Crippen LogP contribution in [0.25, 0.3) is 0 Å². The van der Waals surface area contributed by atoms with Gasteiger partial charge >= 0.3 is 5.97 Å². The van der Waals surface area contributed by atoms with Gasteiger partial charge in [0.2, 0.25) is 0 Å². The number of ether oxygens (including phenoxy) is 3. The number of nitrogens with one attached hydrogen (secondary N) is 1. The zero-order valence-corrected chi connectivity index (χ0v) is 17.1. The molecule has 0 radical (unpaired) electrons. The van der Waals surface area contributed by atoms with Gasteiger partial charge in [0.25, 0.3) is 5.91 Å². The monoisotopic (exact) mass is 449 g/mol. The third-order valence-electron chi connectivity index (χ3n) is 3.77. The number of Topliss-reactive ketones (excluding diaryl/α,β-unsaturated/α-hetero) is 1. The van der Waals surface area contributed by atoms with E-state index >= 15 is 0 Å². The Hall–Kier alpha value is -2.87. The van der Waals surface area contributed by atoms with Gasteiger partial charge in [-0.2, -0.15) is 0 Å². The molecule has 0 heterocycles. The number of rotatable bonds is 9. The smallest absolute Gasteiger partial charge is 0.306 e. The van der Waals surface area contributed by atoms with Gasteiger partial charge in [0.1, 0.15) is 11.5 Å². The standard InChI is InChI=1S/C20H20BrNO6/c1-26-15-7-8-16(18(11-15)27-2)22-19(24)12-28-20(25)10-9-17(23)13-3-5-14(21)6-4-13/h3-8,11H,9-10,12H2,1-2H3,(H,22,24). The van der Waals surface area contributed by atoms with Crippen molar-refractivity contribution in [3.8, 4) is 11.5 Å². The minimum atomic E-state index is -0.623. The molecule has 0 aliphatic heterocycles. The van der Waals surface area contributed by atoms with Crippen molar-refractivity contribution in [2.24, 2.45) is 0 Å². The average molecular weight is 450 g/mol. The van der Waals surface area contributed by atoms with Crippen molar-refractivity contribution < 1.29 is 28.6 Å². The molecule has 7 nitrogen and oxygen atoms in total. The van der Waals surface area contributed by atoms with Crippen molar-refractivity contribution in [2.45, 2.75) is 12.8 Å². The Morgan fingerprint density at radius 2 is 1.68 bits per heavy atom. The van der Waals surface area contributed by atoms with Gasteiger partial charge in [-0.1, -0.05) is 28.1 Å². The quantitative estimate of drug-likeness (QED) is 0.464. The molecule has 0 spiro atoms. The summed E-state index contributed by atoms with van der Waals surface area (Å²) in [7, 11) is 2.99. The summed E-state index contributed by atoms with van der Waals surface area (Å²) >= 11 is 3.29. The van der Waals surface area contributed by atoms with Crippen LogP contribution in [0.5, 0.6) is 11.5 Å². The number of benzene rings is 2. The summed E-state index contributed by atoms with van der Waals surface area (Å²) in [6.07, 6.45) is -0.0948. The fourth-order valence-corrected chi connectivity index (χ4v) is 2.57. The lowest BCUT2D eigenvalue weighted by atomic mass is 10.1. The van der Waals surface area contributed by atoms with Crippen LogP contribution >= 0.6 is 15.9 Å². The van der Waals surface area contributed by atoms with E-state index in [4.69, 9.17) is 14.2 Å². The first-order valence-corrected chi connectivity index (χ1v) is 9.18. The molecule has 8 heteroatoms. The number of hydrogen-bond donors (Lipinski definition) is 1. The Labute approximate surface area is 171 Å². The lowest BCUT2D eigenvalue weighted by Gasteiger charge is -2.11. The van der Waals surface area contributed by atoms with Crippen LogP contribution in [-0.4, -0.2) is 38.5 Å². The molecule has 0 atom stereocenters. The molecule has 0 bridgehead atoms. The van der Waals surface area contributed by atoms with E-state index in [0.717, 1.165) is 4.47 Å². The topological polar surface area (TPSA) is 90.9 Å². The van der Waals surface area contributed by atoms with Gasteiger partial charge in [0, 0.05) is 22.5 Å². The number of carbonyl (C=O) groups excluding carboxylic acids is 3. The maximum Gasteiger partial charge on any atom is 0.306 e. The molecular weight excluding hydrogens is 430 g/mol. The van der Waals surface area contributed by atoms with Crippen LogP contribution < -0.4 is 14.8 Å². The molecular formula is C20H20BrNO6. The third kappa shape index (κ3) is 6.38. The van der Waals surface area contributed by atoms with Crippen LogP contribution in [0.15, 0.2) is 46.9 Å². The van der Waals surface area contributed by atoms with Crippen molar-refractivity contribution in [3.63, 3.8) is 0 Å². The van der Waals surface area contributed by atoms with Gasteiger partial charge in [-0.3, -0.25) is 14.4 Å². The molecule has 0 fully saturated rings. The molecule has 2 aromatic rings. The average Bonchev–Trinajstić information content (AvgIpc) is 2.71. The van der Waals surface area contributed by atoms with Crippen LogP contribution in [0.3, 0.4) is 0 Å². The molecule has 0 saturated carbocycles. The van der Waals surface area contributed by atoms with Gasteiger partial charge in [-0.25, -0.2) is 0 Å². The van der Waals surface area contributed by atoms with Crippen LogP contribution in [0.2, 0.25) is 0 Å². The van der Waals surface area contributed by atoms with E-state index in [1.807, 2.05) is 0 Å². The number of esters is 1. The van der Waals surface area contributed by atoms with E-state index < -0.39 is 18.5 Å². The molecule has 28 heavy (non-hydrogen) atoms. The van der Waals surface area contributed by atoms with Crippen molar-refractivity contribution in [2.75, 3.05) is 26.1 Å². The van der Waals surface area contributed by atoms with Crippen molar-refractivity contribution >= 4 is 39.3 Å². The number of ketones is 1. The fraction of sp³-hybridized carbons (Fsp3) is 0.250. The van der Waals surface area contributed by atoms with E-state index in [-0.39, 0.29) is 18.6 Å². The molecule has 2 rings (SSSR count). The minimum Gasteiger partial charge on any atom is -0.497 e. The molecule has 0 aliphatic carbocycles.